The summed E-state index contributed by atoms with van der Waals surface area (Å²) < 4.78 is 15.1. The Balaban J connectivity index is 0.00000338. The van der Waals surface area contributed by atoms with Gasteiger partial charge in [0.2, 0.25) is 0 Å². The average Bonchev–Trinajstić information content (AvgIpc) is 3.10. The molecule has 1 heterocycles. The molecule has 0 bridgehead atoms. The predicted molar refractivity (Wildman–Crippen MR) is 117 cm³/mol. The molecule has 0 amide bonds. The molecule has 144 valence electrons. The summed E-state index contributed by atoms with van der Waals surface area (Å²) in [6.45, 7) is 6.95. The van der Waals surface area contributed by atoms with Gasteiger partial charge >= 0.3 is 0 Å². The van der Waals surface area contributed by atoms with E-state index in [0.29, 0.717) is 6.54 Å². The molecule has 0 aliphatic rings. The quantitative estimate of drug-likeness (QED) is 0.335. The van der Waals surface area contributed by atoms with E-state index in [-0.39, 0.29) is 29.8 Å². The first-order valence-electron chi connectivity index (χ1n) is 8.73. The van der Waals surface area contributed by atoms with Crippen LogP contribution in [-0.4, -0.2) is 48.7 Å². The van der Waals surface area contributed by atoms with Gasteiger partial charge in [-0.2, -0.15) is 0 Å². The molecule has 0 saturated heterocycles. The minimum absolute atomic E-state index is 0. The van der Waals surface area contributed by atoms with Crippen LogP contribution >= 0.6 is 24.0 Å². The van der Waals surface area contributed by atoms with Crippen LogP contribution in [-0.2, 0) is 13.1 Å². The summed E-state index contributed by atoms with van der Waals surface area (Å²) in [5.74, 6) is 0.641. The molecule has 0 atom stereocenters. The minimum Gasteiger partial charge on any atom is -0.357 e. The summed E-state index contributed by atoms with van der Waals surface area (Å²) in [5, 5.41) is 6.61. The van der Waals surface area contributed by atoms with E-state index in [2.05, 4.69) is 44.4 Å². The molecule has 2 aromatic rings. The summed E-state index contributed by atoms with van der Waals surface area (Å²) in [4.78, 5) is 6.79. The topological polar surface area (TPSA) is 44.6 Å². The van der Waals surface area contributed by atoms with Gasteiger partial charge < -0.3 is 20.1 Å². The highest BCUT2D eigenvalue weighted by Crippen LogP contribution is 2.05. The Hall–Kier alpha value is -1.61. The molecular weight excluding hydrogens is 444 g/mol. The molecule has 7 heteroatoms. The highest BCUT2D eigenvalue weighted by Gasteiger charge is 2.01. The molecule has 1 aromatic heterocycles. The Morgan fingerprint density at radius 2 is 1.85 bits per heavy atom. The van der Waals surface area contributed by atoms with Gasteiger partial charge in [0.25, 0.3) is 0 Å². The fraction of sp³-hybridized carbons (Fsp3) is 0.421. The minimum atomic E-state index is -0.197. The van der Waals surface area contributed by atoms with Crippen LogP contribution in [0.15, 0.2) is 53.8 Å². The van der Waals surface area contributed by atoms with Crippen LogP contribution in [0.4, 0.5) is 4.39 Å². The van der Waals surface area contributed by atoms with E-state index < -0.39 is 0 Å². The lowest BCUT2D eigenvalue weighted by Crippen LogP contribution is -2.39. The largest absolute Gasteiger partial charge is 0.357 e. The van der Waals surface area contributed by atoms with Crippen LogP contribution in [0.5, 0.6) is 0 Å². The molecule has 0 unspecified atom stereocenters. The van der Waals surface area contributed by atoms with Crippen molar-refractivity contribution in [3.8, 4) is 0 Å². The second kappa shape index (κ2) is 12.7. The summed E-state index contributed by atoms with van der Waals surface area (Å²) in [6.07, 6.45) is 4.10. The smallest absolute Gasteiger partial charge is 0.191 e. The Morgan fingerprint density at radius 1 is 1.15 bits per heavy atom. The highest BCUT2D eigenvalue weighted by atomic mass is 127. The van der Waals surface area contributed by atoms with Gasteiger partial charge in [-0.05, 0) is 43.8 Å². The normalized spacial score (nSPS) is 11.3. The molecule has 0 fully saturated rings. The third kappa shape index (κ3) is 8.66. The number of benzene rings is 1. The molecule has 5 nitrogen and oxygen atoms in total. The van der Waals surface area contributed by atoms with Gasteiger partial charge in [0, 0.05) is 45.1 Å². The third-order valence-corrected chi connectivity index (χ3v) is 3.79. The molecule has 0 aliphatic heterocycles. The van der Waals surface area contributed by atoms with Gasteiger partial charge in [-0.1, -0.05) is 12.1 Å². The Bertz CT molecular complexity index is 628. The number of hydrogen-bond acceptors (Lipinski definition) is 2. The van der Waals surface area contributed by atoms with Crippen molar-refractivity contribution in [3.63, 3.8) is 0 Å². The van der Waals surface area contributed by atoms with Crippen LogP contribution in [0, 0.1) is 5.82 Å². The van der Waals surface area contributed by atoms with Gasteiger partial charge in [0.05, 0.1) is 6.54 Å². The zero-order valence-corrected chi connectivity index (χ0v) is 17.8. The Labute approximate surface area is 172 Å². The van der Waals surface area contributed by atoms with Crippen molar-refractivity contribution in [2.45, 2.75) is 20.0 Å². The summed E-state index contributed by atoms with van der Waals surface area (Å²) in [7, 11) is 2.05. The fourth-order valence-corrected chi connectivity index (χ4v) is 2.48. The van der Waals surface area contributed by atoms with E-state index in [1.54, 1.807) is 0 Å². The molecule has 2 N–H and O–H groups in total. The number of rotatable bonds is 9. The molecular formula is C19H29FIN5. The van der Waals surface area contributed by atoms with Crippen LogP contribution in [0.3, 0.4) is 0 Å². The fourth-order valence-electron chi connectivity index (χ4n) is 2.48. The van der Waals surface area contributed by atoms with Crippen molar-refractivity contribution in [1.82, 2.24) is 20.1 Å². The lowest BCUT2D eigenvalue weighted by molar-refractivity contribution is 0.336. The monoisotopic (exact) mass is 473 g/mol. The maximum Gasteiger partial charge on any atom is 0.191 e. The summed E-state index contributed by atoms with van der Waals surface area (Å²) >= 11 is 0. The van der Waals surface area contributed by atoms with Crippen LogP contribution in [0.25, 0.3) is 0 Å². The number of guanidine groups is 1. The maximum atomic E-state index is 12.9. The van der Waals surface area contributed by atoms with Crippen LogP contribution in [0.2, 0.25) is 0 Å². The number of aromatic nitrogens is 1. The maximum absolute atomic E-state index is 12.9. The zero-order chi connectivity index (χ0) is 17.9. The number of aliphatic imine (C=N–C) groups is 1. The van der Waals surface area contributed by atoms with Gasteiger partial charge in [-0.15, -0.1) is 24.0 Å². The molecule has 26 heavy (non-hydrogen) atoms. The first-order valence-corrected chi connectivity index (χ1v) is 8.73. The van der Waals surface area contributed by atoms with Crippen molar-refractivity contribution >= 4 is 29.9 Å². The first kappa shape index (κ1) is 22.4. The highest BCUT2D eigenvalue weighted by molar-refractivity contribution is 14.0. The van der Waals surface area contributed by atoms with Crippen molar-refractivity contribution < 1.29 is 4.39 Å². The number of hydrogen-bond donors (Lipinski definition) is 2. The van der Waals surface area contributed by atoms with Gasteiger partial charge in [0.15, 0.2) is 5.96 Å². The number of likely N-dealkylation sites (N-methyl/N-ethyl adjacent to an activating group) is 1. The van der Waals surface area contributed by atoms with Gasteiger partial charge in [-0.25, -0.2) is 4.39 Å². The van der Waals surface area contributed by atoms with Crippen LogP contribution < -0.4 is 10.6 Å². The van der Waals surface area contributed by atoms with E-state index in [9.17, 15) is 4.39 Å². The number of halogens is 2. The Kier molecular flexibility index (Phi) is 11.0. The Morgan fingerprint density at radius 3 is 2.50 bits per heavy atom. The van der Waals surface area contributed by atoms with Crippen molar-refractivity contribution in [2.75, 3.05) is 33.2 Å². The first-order chi connectivity index (χ1) is 12.2. The molecule has 0 radical (unpaired) electrons. The van der Waals surface area contributed by atoms with Gasteiger partial charge in [-0.3, -0.25) is 4.99 Å². The third-order valence-electron chi connectivity index (χ3n) is 3.79. The lowest BCUT2D eigenvalue weighted by atomic mass is 10.2. The average molecular weight is 473 g/mol. The predicted octanol–water partition coefficient (Wildman–Crippen LogP) is 2.93. The summed E-state index contributed by atoms with van der Waals surface area (Å²) in [5.41, 5.74) is 1.10. The molecule has 0 spiro atoms. The van der Waals surface area contributed by atoms with Crippen molar-refractivity contribution in [3.05, 3.63) is 60.2 Å². The standard InChI is InChI=1S/C19H28FN5.HI/c1-3-21-19(23-11-15-25-12-4-5-13-25)22-10-14-24(2)16-17-6-8-18(20)9-7-17;/h4-9,12-13H,3,10-11,14-16H2,1-2H3,(H2,21,22,23);1H. The van der Waals surface area contributed by atoms with Gasteiger partial charge in [0.1, 0.15) is 5.82 Å². The number of nitrogens with zero attached hydrogens (tertiary/aromatic N) is 3. The lowest BCUT2D eigenvalue weighted by Gasteiger charge is -2.16. The second-order valence-corrected chi connectivity index (χ2v) is 5.97. The summed E-state index contributed by atoms with van der Waals surface area (Å²) in [6, 6.07) is 10.7. The zero-order valence-electron chi connectivity index (χ0n) is 15.5. The van der Waals surface area contributed by atoms with E-state index in [1.807, 2.05) is 31.3 Å². The SMILES string of the molecule is CCNC(=NCCN(C)Cc1ccc(F)cc1)NCCn1cccc1.I. The van der Waals surface area contributed by atoms with E-state index in [0.717, 1.165) is 44.2 Å². The van der Waals surface area contributed by atoms with E-state index in [4.69, 9.17) is 0 Å². The van der Waals surface area contributed by atoms with E-state index in [1.165, 1.54) is 12.1 Å². The molecule has 2 rings (SSSR count). The van der Waals surface area contributed by atoms with E-state index >= 15 is 0 Å². The number of nitrogens with one attached hydrogen (secondary N) is 2. The second-order valence-electron chi connectivity index (χ2n) is 5.97. The van der Waals surface area contributed by atoms with Crippen LogP contribution in [0.1, 0.15) is 12.5 Å². The van der Waals surface area contributed by atoms with Crippen molar-refractivity contribution in [2.24, 2.45) is 4.99 Å². The molecule has 0 saturated carbocycles. The molecule has 1 aromatic carbocycles. The van der Waals surface area contributed by atoms with Crippen molar-refractivity contribution in [1.29, 1.82) is 0 Å². The molecule has 0 aliphatic carbocycles.